The molecule has 1 aromatic carbocycles. The molecule has 0 heterocycles. The number of carbonyl (C=O) groups excluding carboxylic acids is 1. The van der Waals surface area contributed by atoms with Crippen LogP contribution in [0, 0.1) is 17.2 Å². The second-order valence-electron chi connectivity index (χ2n) is 4.14. The zero-order chi connectivity index (χ0) is 13.5. The highest BCUT2D eigenvalue weighted by atomic mass is 16.4. The molecule has 0 aliphatic heterocycles. The molecular weight excluding hydrogens is 232 g/mol. The number of carbonyl (C=O) groups is 2. The molecule has 0 aliphatic rings. The third kappa shape index (κ3) is 4.66. The Morgan fingerprint density at radius 3 is 2.44 bits per heavy atom. The van der Waals surface area contributed by atoms with Gasteiger partial charge >= 0.3 is 5.97 Å². The van der Waals surface area contributed by atoms with Crippen LogP contribution in [0.5, 0.6) is 0 Å². The van der Waals surface area contributed by atoms with Gasteiger partial charge in [-0.15, -0.1) is 0 Å². The van der Waals surface area contributed by atoms with Gasteiger partial charge in [0.15, 0.2) is 0 Å². The number of carboxylic acid groups (broad SMARTS) is 1. The summed E-state index contributed by atoms with van der Waals surface area (Å²) in [4.78, 5) is 22.0. The van der Waals surface area contributed by atoms with Crippen LogP contribution in [0.2, 0.25) is 0 Å². The van der Waals surface area contributed by atoms with Crippen molar-refractivity contribution in [2.24, 2.45) is 5.92 Å². The SMILES string of the molecule is C[C@H](CC(=O)O)CC(=O)Nc1ccc(C#N)cc1. The number of nitrogens with one attached hydrogen (secondary N) is 1. The first-order valence-corrected chi connectivity index (χ1v) is 5.53. The van der Waals surface area contributed by atoms with Gasteiger partial charge in [-0.1, -0.05) is 6.92 Å². The van der Waals surface area contributed by atoms with Crippen LogP contribution in [0.25, 0.3) is 0 Å². The van der Waals surface area contributed by atoms with Crippen LogP contribution >= 0.6 is 0 Å². The minimum absolute atomic E-state index is 0.0270. The summed E-state index contributed by atoms with van der Waals surface area (Å²) in [6.07, 6.45) is 0.132. The van der Waals surface area contributed by atoms with Crippen molar-refractivity contribution in [1.82, 2.24) is 0 Å². The van der Waals surface area contributed by atoms with Crippen molar-refractivity contribution in [2.75, 3.05) is 5.32 Å². The number of hydrogen-bond donors (Lipinski definition) is 2. The molecule has 1 rings (SSSR count). The zero-order valence-corrected chi connectivity index (χ0v) is 10.0. The summed E-state index contributed by atoms with van der Waals surface area (Å²) in [7, 11) is 0. The first-order chi connectivity index (χ1) is 8.51. The molecule has 0 saturated heterocycles. The van der Waals surface area contributed by atoms with Crippen LogP contribution in [0.3, 0.4) is 0 Å². The van der Waals surface area contributed by atoms with Crippen molar-refractivity contribution < 1.29 is 14.7 Å². The Balaban J connectivity index is 2.49. The van der Waals surface area contributed by atoms with Crippen molar-refractivity contribution in [3.63, 3.8) is 0 Å². The lowest BCUT2D eigenvalue weighted by atomic mass is 10.0. The molecule has 0 aliphatic carbocycles. The highest BCUT2D eigenvalue weighted by molar-refractivity contribution is 5.91. The van der Waals surface area contributed by atoms with E-state index in [9.17, 15) is 9.59 Å². The van der Waals surface area contributed by atoms with E-state index in [1.165, 1.54) is 0 Å². The fourth-order valence-electron chi connectivity index (χ4n) is 1.53. The molecule has 1 atom stereocenters. The highest BCUT2D eigenvalue weighted by Gasteiger charge is 2.12. The molecule has 18 heavy (non-hydrogen) atoms. The van der Waals surface area contributed by atoms with Crippen molar-refractivity contribution in [2.45, 2.75) is 19.8 Å². The zero-order valence-electron chi connectivity index (χ0n) is 10.0. The van der Waals surface area contributed by atoms with Crippen LogP contribution in [-0.4, -0.2) is 17.0 Å². The van der Waals surface area contributed by atoms with Gasteiger partial charge in [0.25, 0.3) is 0 Å². The van der Waals surface area contributed by atoms with E-state index in [1.807, 2.05) is 6.07 Å². The van der Waals surface area contributed by atoms with Crippen LogP contribution in [-0.2, 0) is 9.59 Å². The number of carboxylic acids is 1. The molecule has 1 amide bonds. The molecular formula is C13H14N2O3. The molecule has 5 heteroatoms. The number of nitriles is 1. The van der Waals surface area contributed by atoms with Crippen LogP contribution in [0.15, 0.2) is 24.3 Å². The molecule has 1 aromatic rings. The van der Waals surface area contributed by atoms with E-state index in [0.717, 1.165) is 0 Å². The molecule has 0 bridgehead atoms. The Kier molecular flexibility index (Phi) is 4.88. The Morgan fingerprint density at radius 1 is 1.33 bits per heavy atom. The van der Waals surface area contributed by atoms with E-state index in [-0.39, 0.29) is 24.7 Å². The van der Waals surface area contributed by atoms with Gasteiger partial charge in [-0.05, 0) is 30.2 Å². The molecule has 0 spiro atoms. The maximum atomic E-state index is 11.6. The Bertz CT molecular complexity index is 474. The summed E-state index contributed by atoms with van der Waals surface area (Å²) in [5.74, 6) is -1.34. The first-order valence-electron chi connectivity index (χ1n) is 5.53. The summed E-state index contributed by atoms with van der Waals surface area (Å²) >= 11 is 0. The summed E-state index contributed by atoms with van der Waals surface area (Å²) in [5.41, 5.74) is 1.12. The molecule has 2 N–H and O–H groups in total. The normalized spacial score (nSPS) is 11.3. The summed E-state index contributed by atoms with van der Waals surface area (Å²) in [6.45, 7) is 1.71. The standard InChI is InChI=1S/C13H14N2O3/c1-9(7-13(17)18)6-12(16)15-11-4-2-10(8-14)3-5-11/h2-5,9H,6-7H2,1H3,(H,15,16)(H,17,18)/t9-/m0/s1. The maximum Gasteiger partial charge on any atom is 0.303 e. The molecule has 94 valence electrons. The predicted molar refractivity (Wildman–Crippen MR) is 65.8 cm³/mol. The Hall–Kier alpha value is -2.35. The summed E-state index contributed by atoms with van der Waals surface area (Å²) in [5, 5.41) is 19.9. The Labute approximate surface area is 105 Å². The third-order valence-electron chi connectivity index (χ3n) is 2.35. The molecule has 0 fully saturated rings. The smallest absolute Gasteiger partial charge is 0.303 e. The van der Waals surface area contributed by atoms with Crippen LogP contribution in [0.1, 0.15) is 25.3 Å². The van der Waals surface area contributed by atoms with E-state index in [2.05, 4.69) is 5.32 Å². The minimum atomic E-state index is -0.909. The quantitative estimate of drug-likeness (QED) is 0.831. The first kappa shape index (κ1) is 13.7. The lowest BCUT2D eigenvalue weighted by molar-refractivity contribution is -0.138. The lowest BCUT2D eigenvalue weighted by Crippen LogP contribution is -2.16. The van der Waals surface area contributed by atoms with Gasteiger partial charge in [-0.2, -0.15) is 5.26 Å². The lowest BCUT2D eigenvalue weighted by Gasteiger charge is -2.09. The number of anilines is 1. The fourth-order valence-corrected chi connectivity index (χ4v) is 1.53. The maximum absolute atomic E-state index is 11.6. The van der Waals surface area contributed by atoms with E-state index in [0.29, 0.717) is 11.3 Å². The van der Waals surface area contributed by atoms with Gasteiger partial charge in [-0.3, -0.25) is 9.59 Å². The van der Waals surface area contributed by atoms with Crippen molar-refractivity contribution in [3.05, 3.63) is 29.8 Å². The summed E-state index contributed by atoms with van der Waals surface area (Å²) < 4.78 is 0. The van der Waals surface area contributed by atoms with Crippen molar-refractivity contribution in [1.29, 1.82) is 5.26 Å². The van der Waals surface area contributed by atoms with Crippen LogP contribution < -0.4 is 5.32 Å². The van der Waals surface area contributed by atoms with Crippen LogP contribution in [0.4, 0.5) is 5.69 Å². The van der Waals surface area contributed by atoms with Gasteiger partial charge in [-0.25, -0.2) is 0 Å². The molecule has 0 radical (unpaired) electrons. The number of amides is 1. The van der Waals surface area contributed by atoms with Gasteiger partial charge in [0.05, 0.1) is 11.6 Å². The van der Waals surface area contributed by atoms with E-state index >= 15 is 0 Å². The topological polar surface area (TPSA) is 90.2 Å². The fraction of sp³-hybridized carbons (Fsp3) is 0.308. The minimum Gasteiger partial charge on any atom is -0.481 e. The largest absolute Gasteiger partial charge is 0.481 e. The number of benzene rings is 1. The second-order valence-corrected chi connectivity index (χ2v) is 4.14. The summed E-state index contributed by atoms with van der Waals surface area (Å²) in [6, 6.07) is 8.47. The van der Waals surface area contributed by atoms with Gasteiger partial charge in [0.1, 0.15) is 0 Å². The molecule has 0 unspecified atom stereocenters. The molecule has 0 saturated carbocycles. The second kappa shape index (κ2) is 6.40. The number of nitrogens with zero attached hydrogens (tertiary/aromatic N) is 1. The van der Waals surface area contributed by atoms with Crippen molar-refractivity contribution >= 4 is 17.6 Å². The van der Waals surface area contributed by atoms with Gasteiger partial charge < -0.3 is 10.4 Å². The van der Waals surface area contributed by atoms with E-state index in [4.69, 9.17) is 10.4 Å². The monoisotopic (exact) mass is 246 g/mol. The highest BCUT2D eigenvalue weighted by Crippen LogP contribution is 2.12. The average Bonchev–Trinajstić information content (AvgIpc) is 2.28. The number of aliphatic carboxylic acids is 1. The van der Waals surface area contributed by atoms with Gasteiger partial charge in [0, 0.05) is 18.5 Å². The van der Waals surface area contributed by atoms with E-state index in [1.54, 1.807) is 31.2 Å². The van der Waals surface area contributed by atoms with E-state index < -0.39 is 5.97 Å². The predicted octanol–water partition coefficient (Wildman–Crippen LogP) is 2.00. The molecule has 0 aromatic heterocycles. The third-order valence-corrected chi connectivity index (χ3v) is 2.35. The average molecular weight is 246 g/mol. The molecule has 5 nitrogen and oxygen atoms in total. The number of hydrogen-bond acceptors (Lipinski definition) is 3. The Morgan fingerprint density at radius 2 is 1.94 bits per heavy atom. The van der Waals surface area contributed by atoms with Crippen molar-refractivity contribution in [3.8, 4) is 6.07 Å². The van der Waals surface area contributed by atoms with Gasteiger partial charge in [0.2, 0.25) is 5.91 Å². The number of rotatable bonds is 5.